The summed E-state index contributed by atoms with van der Waals surface area (Å²) in [5, 5.41) is 10.7. The molecular weight excluding hydrogens is 205 g/mol. The molecule has 5 heteroatoms. The molecule has 76 valence electrons. The molecule has 0 saturated heterocycles. The minimum Gasteiger partial charge on any atom is -0.542 e. The molecule has 0 unspecified atom stereocenters. The fraction of sp³-hybridized carbons (Fsp3) is 0.600. The first kappa shape index (κ1) is 12.8. The molecule has 15 heavy (non-hydrogen) atoms. The Labute approximate surface area is 105 Å². The monoisotopic (exact) mass is 217 g/mol. The fourth-order valence-corrected chi connectivity index (χ4v) is 2.98. The number of aryl methyl sites for hydroxylation is 1. The van der Waals surface area contributed by atoms with Crippen LogP contribution in [0.5, 0.6) is 0 Å². The average Bonchev–Trinajstić information content (AvgIpc) is 2.45. The molecule has 2 rings (SSSR count). The van der Waals surface area contributed by atoms with Crippen LogP contribution in [0.4, 0.5) is 0 Å². The first-order valence-electron chi connectivity index (χ1n) is 4.68. The van der Waals surface area contributed by atoms with Gasteiger partial charge in [0.25, 0.3) is 0 Å². The largest absolute Gasteiger partial charge is 1.00 e. The number of carboxylic acid groups (broad SMARTS) is 1. The maximum atomic E-state index is 10.6. The van der Waals surface area contributed by atoms with E-state index in [1.807, 2.05) is 0 Å². The van der Waals surface area contributed by atoms with E-state index >= 15 is 0 Å². The normalized spacial score (nSPS) is 17.7. The van der Waals surface area contributed by atoms with E-state index in [1.54, 1.807) is 0 Å². The van der Waals surface area contributed by atoms with Gasteiger partial charge in [0.1, 0.15) is 11.0 Å². The van der Waals surface area contributed by atoms with Gasteiger partial charge in [0, 0.05) is 4.88 Å². The SMILES string of the molecule is CC1(C)CCc2nc(C(=O)[O-])sc2C1.[Li+]. The molecule has 1 heterocycles. The molecule has 0 saturated carbocycles. The zero-order valence-electron chi connectivity index (χ0n) is 9.29. The zero-order valence-corrected chi connectivity index (χ0v) is 10.1. The quantitative estimate of drug-likeness (QED) is 0.513. The van der Waals surface area contributed by atoms with E-state index in [1.165, 1.54) is 11.3 Å². The molecule has 1 aliphatic rings. The van der Waals surface area contributed by atoms with Crippen LogP contribution in [-0.4, -0.2) is 11.0 Å². The van der Waals surface area contributed by atoms with Gasteiger partial charge in [-0.2, -0.15) is 0 Å². The van der Waals surface area contributed by atoms with Crippen LogP contribution in [0.1, 0.15) is 40.6 Å². The maximum Gasteiger partial charge on any atom is 1.00 e. The van der Waals surface area contributed by atoms with Gasteiger partial charge in [0.2, 0.25) is 0 Å². The minimum absolute atomic E-state index is 0. The van der Waals surface area contributed by atoms with E-state index in [4.69, 9.17) is 0 Å². The first-order valence-corrected chi connectivity index (χ1v) is 5.49. The molecule has 0 spiro atoms. The Morgan fingerprint density at radius 1 is 1.53 bits per heavy atom. The van der Waals surface area contributed by atoms with Crippen LogP contribution < -0.4 is 24.0 Å². The van der Waals surface area contributed by atoms with Gasteiger partial charge in [0.05, 0.1) is 5.69 Å². The molecule has 0 amide bonds. The van der Waals surface area contributed by atoms with Crippen LogP contribution in [0, 0.1) is 5.41 Å². The Morgan fingerprint density at radius 2 is 2.20 bits per heavy atom. The van der Waals surface area contributed by atoms with Gasteiger partial charge in [-0.3, -0.25) is 0 Å². The Bertz CT molecular complexity index is 387. The van der Waals surface area contributed by atoms with Crippen molar-refractivity contribution >= 4 is 17.3 Å². The number of fused-ring (bicyclic) bond motifs is 1. The minimum atomic E-state index is -1.15. The van der Waals surface area contributed by atoms with Crippen molar-refractivity contribution in [2.45, 2.75) is 33.1 Å². The standard InChI is InChI=1S/C10H13NO2S.Li/c1-10(2)4-3-6-7(5-10)14-8(11-6)9(12)13;/h3-5H2,1-2H3,(H,12,13);/q;+1/p-1. The number of nitrogens with zero attached hydrogens (tertiary/aromatic N) is 1. The third kappa shape index (κ3) is 2.63. The molecule has 1 aromatic heterocycles. The summed E-state index contributed by atoms with van der Waals surface area (Å²) in [6.45, 7) is 4.41. The summed E-state index contributed by atoms with van der Waals surface area (Å²) in [6, 6.07) is 0. The predicted molar refractivity (Wildman–Crippen MR) is 52.3 cm³/mol. The molecule has 1 aromatic rings. The average molecular weight is 217 g/mol. The van der Waals surface area contributed by atoms with E-state index in [0.717, 1.165) is 29.8 Å². The zero-order chi connectivity index (χ0) is 10.3. The maximum absolute atomic E-state index is 10.6. The molecule has 0 N–H and O–H groups in total. The van der Waals surface area contributed by atoms with Crippen molar-refractivity contribution in [3.8, 4) is 0 Å². The van der Waals surface area contributed by atoms with Gasteiger partial charge in [0.15, 0.2) is 0 Å². The second-order valence-electron chi connectivity index (χ2n) is 4.52. The van der Waals surface area contributed by atoms with Crippen LogP contribution >= 0.6 is 11.3 Å². The Balaban J connectivity index is 0.00000112. The summed E-state index contributed by atoms with van der Waals surface area (Å²) in [6.07, 6.45) is 2.91. The second-order valence-corrected chi connectivity index (χ2v) is 5.60. The van der Waals surface area contributed by atoms with Crippen LogP contribution in [-0.2, 0) is 12.8 Å². The van der Waals surface area contributed by atoms with Crippen molar-refractivity contribution in [3.05, 3.63) is 15.6 Å². The summed E-state index contributed by atoms with van der Waals surface area (Å²) < 4.78 is 0. The number of aromatic nitrogens is 1. The summed E-state index contributed by atoms with van der Waals surface area (Å²) in [7, 11) is 0. The second kappa shape index (κ2) is 4.29. The van der Waals surface area contributed by atoms with Gasteiger partial charge in [-0.1, -0.05) is 13.8 Å². The molecule has 3 nitrogen and oxygen atoms in total. The van der Waals surface area contributed by atoms with Crippen molar-refractivity contribution in [2.75, 3.05) is 0 Å². The Hall–Kier alpha value is -0.303. The number of carbonyl (C=O) groups is 1. The number of carboxylic acids is 1. The van der Waals surface area contributed by atoms with E-state index < -0.39 is 5.97 Å². The van der Waals surface area contributed by atoms with Crippen LogP contribution in [0.15, 0.2) is 0 Å². The van der Waals surface area contributed by atoms with Gasteiger partial charge in [-0.25, -0.2) is 4.98 Å². The van der Waals surface area contributed by atoms with Gasteiger partial charge in [-0.05, 0) is 24.7 Å². The van der Waals surface area contributed by atoms with Gasteiger partial charge >= 0.3 is 18.9 Å². The van der Waals surface area contributed by atoms with E-state index in [2.05, 4.69) is 18.8 Å². The molecule has 0 bridgehead atoms. The van der Waals surface area contributed by atoms with Crippen molar-refractivity contribution in [1.82, 2.24) is 4.98 Å². The number of aromatic carboxylic acids is 1. The van der Waals surface area contributed by atoms with Crippen molar-refractivity contribution < 1.29 is 28.8 Å². The fourth-order valence-electron chi connectivity index (χ4n) is 1.78. The Morgan fingerprint density at radius 3 is 2.80 bits per heavy atom. The molecule has 0 aliphatic heterocycles. The number of hydrogen-bond donors (Lipinski definition) is 0. The molecule has 1 aliphatic carbocycles. The number of hydrogen-bond acceptors (Lipinski definition) is 4. The number of carbonyl (C=O) groups excluding carboxylic acids is 1. The van der Waals surface area contributed by atoms with Crippen LogP contribution in [0.3, 0.4) is 0 Å². The smallest absolute Gasteiger partial charge is 0.542 e. The van der Waals surface area contributed by atoms with Crippen molar-refractivity contribution in [3.63, 3.8) is 0 Å². The first-order chi connectivity index (χ1) is 6.48. The summed E-state index contributed by atoms with van der Waals surface area (Å²) in [5.74, 6) is -1.15. The Kier molecular flexibility index (Phi) is 3.65. The van der Waals surface area contributed by atoms with E-state index in [-0.39, 0.29) is 29.3 Å². The number of thiazole rings is 1. The number of rotatable bonds is 1. The van der Waals surface area contributed by atoms with E-state index in [0.29, 0.717) is 0 Å². The van der Waals surface area contributed by atoms with Crippen molar-refractivity contribution in [1.29, 1.82) is 0 Å². The third-order valence-corrected chi connectivity index (χ3v) is 3.71. The van der Waals surface area contributed by atoms with Crippen molar-refractivity contribution in [2.24, 2.45) is 5.41 Å². The molecule has 0 atom stereocenters. The topological polar surface area (TPSA) is 53.0 Å². The molecule has 0 fully saturated rings. The van der Waals surface area contributed by atoms with Gasteiger partial charge in [-0.15, -0.1) is 11.3 Å². The van der Waals surface area contributed by atoms with E-state index in [9.17, 15) is 9.90 Å². The van der Waals surface area contributed by atoms with Crippen LogP contribution in [0.25, 0.3) is 0 Å². The predicted octanol–water partition coefficient (Wildman–Crippen LogP) is -1.97. The molecule has 0 aromatic carbocycles. The summed E-state index contributed by atoms with van der Waals surface area (Å²) >= 11 is 1.27. The van der Waals surface area contributed by atoms with Gasteiger partial charge < -0.3 is 9.90 Å². The molecular formula is C10H12LiNO2S. The summed E-state index contributed by atoms with van der Waals surface area (Å²) in [5.41, 5.74) is 1.25. The third-order valence-electron chi connectivity index (χ3n) is 2.63. The molecule has 0 radical (unpaired) electrons. The summed E-state index contributed by atoms with van der Waals surface area (Å²) in [4.78, 5) is 15.8. The van der Waals surface area contributed by atoms with Crippen LogP contribution in [0.2, 0.25) is 0 Å².